The second kappa shape index (κ2) is 4.11. The minimum atomic E-state index is -0.0982. The molecule has 1 heterocycles. The van der Waals surface area contributed by atoms with E-state index in [1.165, 1.54) is 6.08 Å². The average molecular weight is 170 g/mol. The van der Waals surface area contributed by atoms with E-state index in [0.717, 1.165) is 12.8 Å². The van der Waals surface area contributed by atoms with Gasteiger partial charge >= 0.3 is 0 Å². The number of rotatable bonds is 2. The monoisotopic (exact) mass is 170 g/mol. The topological polar surface area (TPSA) is 79.3 Å². The van der Waals surface area contributed by atoms with Gasteiger partial charge in [-0.1, -0.05) is 0 Å². The number of allylic oxidation sites excluding steroid dienone is 1. The van der Waals surface area contributed by atoms with E-state index >= 15 is 0 Å². The van der Waals surface area contributed by atoms with Gasteiger partial charge < -0.3 is 15.6 Å². The molecule has 1 fully saturated rings. The molecule has 0 spiro atoms. The molecule has 0 aliphatic carbocycles. The van der Waals surface area contributed by atoms with Gasteiger partial charge in [-0.15, -0.1) is 0 Å². The molecule has 1 aliphatic rings. The van der Waals surface area contributed by atoms with Crippen LogP contribution in [0.3, 0.4) is 0 Å². The zero-order valence-electron chi connectivity index (χ0n) is 6.92. The number of aliphatic hydroxyl groups is 1. The lowest BCUT2D eigenvalue weighted by Gasteiger charge is -2.21. The summed E-state index contributed by atoms with van der Waals surface area (Å²) < 4.78 is 5.13. The molecule has 68 valence electrons. The molecule has 0 aromatic heterocycles. The van der Waals surface area contributed by atoms with Crippen molar-refractivity contribution in [3.8, 4) is 0 Å². The zero-order valence-corrected chi connectivity index (χ0v) is 6.92. The van der Waals surface area contributed by atoms with Crippen molar-refractivity contribution in [3.63, 3.8) is 0 Å². The summed E-state index contributed by atoms with van der Waals surface area (Å²) in [5.41, 5.74) is 5.12. The molecular weight excluding hydrogens is 156 g/mol. The van der Waals surface area contributed by atoms with Crippen LogP contribution in [0.15, 0.2) is 11.8 Å². The first-order valence-electron chi connectivity index (χ1n) is 4.02. The van der Waals surface area contributed by atoms with Crippen molar-refractivity contribution in [3.05, 3.63) is 11.8 Å². The van der Waals surface area contributed by atoms with E-state index in [9.17, 15) is 5.11 Å². The Balaban J connectivity index is 2.49. The van der Waals surface area contributed by atoms with Crippen molar-refractivity contribution in [2.24, 2.45) is 11.7 Å². The van der Waals surface area contributed by atoms with Gasteiger partial charge in [-0.25, -0.2) is 0 Å². The number of amidine groups is 1. The third-order valence-corrected chi connectivity index (χ3v) is 1.94. The molecule has 0 bridgehead atoms. The zero-order chi connectivity index (χ0) is 8.97. The van der Waals surface area contributed by atoms with E-state index in [4.69, 9.17) is 15.9 Å². The molecule has 0 atom stereocenters. The molecular formula is C8H14N2O2. The van der Waals surface area contributed by atoms with Crippen LogP contribution in [0.4, 0.5) is 0 Å². The number of aliphatic hydroxyl groups excluding tert-OH is 1. The third-order valence-electron chi connectivity index (χ3n) is 1.94. The molecule has 1 aliphatic heterocycles. The Hall–Kier alpha value is -1.03. The van der Waals surface area contributed by atoms with Crippen LogP contribution >= 0.6 is 0 Å². The number of nitrogens with one attached hydrogen (secondary N) is 1. The summed E-state index contributed by atoms with van der Waals surface area (Å²) >= 11 is 0. The fraction of sp³-hybridized carbons (Fsp3) is 0.625. The van der Waals surface area contributed by atoms with Crippen molar-refractivity contribution in [2.45, 2.75) is 12.8 Å². The van der Waals surface area contributed by atoms with Gasteiger partial charge in [-0.3, -0.25) is 5.41 Å². The van der Waals surface area contributed by atoms with E-state index < -0.39 is 0 Å². The molecule has 0 amide bonds. The minimum absolute atomic E-state index is 0.0982. The van der Waals surface area contributed by atoms with Gasteiger partial charge in [0.1, 0.15) is 5.84 Å². The number of hydrogen-bond donors (Lipinski definition) is 3. The standard InChI is InChI=1S/C8H14N2O2/c9-8(10)5-7(11)6-1-3-12-4-2-6/h5-6,11H,1-4H2,(H3,9,10)/b7-5-. The molecule has 1 rings (SSSR count). The van der Waals surface area contributed by atoms with E-state index in [2.05, 4.69) is 0 Å². The first kappa shape index (κ1) is 9.06. The van der Waals surface area contributed by atoms with Crippen molar-refractivity contribution in [1.29, 1.82) is 5.41 Å². The van der Waals surface area contributed by atoms with Crippen molar-refractivity contribution < 1.29 is 9.84 Å². The molecule has 0 aromatic rings. The Morgan fingerprint density at radius 2 is 2.08 bits per heavy atom. The summed E-state index contributed by atoms with van der Waals surface area (Å²) in [6.45, 7) is 1.36. The smallest absolute Gasteiger partial charge is 0.118 e. The van der Waals surface area contributed by atoms with Gasteiger partial charge in [0, 0.05) is 25.2 Å². The SMILES string of the molecule is N=C(N)/C=C(\O)C1CCOCC1. The Kier molecular flexibility index (Phi) is 3.10. The van der Waals surface area contributed by atoms with Gasteiger partial charge in [0.05, 0.1) is 5.76 Å². The second-order valence-corrected chi connectivity index (χ2v) is 2.91. The van der Waals surface area contributed by atoms with Gasteiger partial charge in [0.15, 0.2) is 0 Å². The predicted molar refractivity (Wildman–Crippen MR) is 46.2 cm³/mol. The fourth-order valence-corrected chi connectivity index (χ4v) is 1.27. The van der Waals surface area contributed by atoms with Crippen molar-refractivity contribution in [1.82, 2.24) is 0 Å². The number of ether oxygens (including phenoxy) is 1. The largest absolute Gasteiger partial charge is 0.512 e. The summed E-state index contributed by atoms with van der Waals surface area (Å²) in [6.07, 6.45) is 2.93. The molecule has 12 heavy (non-hydrogen) atoms. The van der Waals surface area contributed by atoms with Crippen molar-refractivity contribution >= 4 is 5.84 Å². The van der Waals surface area contributed by atoms with Crippen LogP contribution in [0.1, 0.15) is 12.8 Å². The lowest BCUT2D eigenvalue weighted by Crippen LogP contribution is -2.19. The molecule has 0 radical (unpaired) electrons. The van der Waals surface area contributed by atoms with Crippen LogP contribution in [-0.2, 0) is 4.74 Å². The van der Waals surface area contributed by atoms with E-state index in [0.29, 0.717) is 13.2 Å². The summed E-state index contributed by atoms with van der Waals surface area (Å²) in [4.78, 5) is 0. The first-order chi connectivity index (χ1) is 5.70. The second-order valence-electron chi connectivity index (χ2n) is 2.91. The summed E-state index contributed by atoms with van der Waals surface area (Å²) in [6, 6.07) is 0. The van der Waals surface area contributed by atoms with Gasteiger partial charge in [-0.2, -0.15) is 0 Å². The average Bonchev–Trinajstić information content (AvgIpc) is 2.05. The third kappa shape index (κ3) is 2.54. The molecule has 0 aromatic carbocycles. The fourth-order valence-electron chi connectivity index (χ4n) is 1.27. The highest BCUT2D eigenvalue weighted by Crippen LogP contribution is 2.20. The molecule has 4 N–H and O–H groups in total. The Morgan fingerprint density at radius 3 is 2.58 bits per heavy atom. The van der Waals surface area contributed by atoms with E-state index in [1.807, 2.05) is 0 Å². The molecule has 4 heteroatoms. The molecule has 0 unspecified atom stereocenters. The highest BCUT2D eigenvalue weighted by molar-refractivity contribution is 5.88. The Bertz CT molecular complexity index is 195. The quantitative estimate of drug-likeness (QED) is 0.325. The van der Waals surface area contributed by atoms with Gasteiger partial charge in [0.25, 0.3) is 0 Å². The summed E-state index contributed by atoms with van der Waals surface area (Å²) in [5, 5.41) is 16.4. The molecule has 0 saturated carbocycles. The Labute approximate surface area is 71.5 Å². The lowest BCUT2D eigenvalue weighted by atomic mass is 9.98. The minimum Gasteiger partial charge on any atom is -0.512 e. The summed E-state index contributed by atoms with van der Waals surface area (Å²) in [5.74, 6) is 0.243. The van der Waals surface area contributed by atoms with E-state index in [1.54, 1.807) is 0 Å². The molecule has 4 nitrogen and oxygen atoms in total. The number of nitrogens with two attached hydrogens (primary N) is 1. The highest BCUT2D eigenvalue weighted by Gasteiger charge is 2.17. The maximum atomic E-state index is 9.43. The van der Waals surface area contributed by atoms with Crippen LogP contribution in [-0.4, -0.2) is 24.2 Å². The summed E-state index contributed by atoms with van der Waals surface area (Å²) in [7, 11) is 0. The normalized spacial score (nSPS) is 20.8. The van der Waals surface area contributed by atoms with Crippen LogP contribution in [0.5, 0.6) is 0 Å². The highest BCUT2D eigenvalue weighted by atomic mass is 16.5. The molecule has 1 saturated heterocycles. The van der Waals surface area contributed by atoms with Gasteiger partial charge in [-0.05, 0) is 12.8 Å². The maximum Gasteiger partial charge on any atom is 0.118 e. The van der Waals surface area contributed by atoms with Gasteiger partial charge in [0.2, 0.25) is 0 Å². The lowest BCUT2D eigenvalue weighted by molar-refractivity contribution is 0.0643. The predicted octanol–water partition coefficient (Wildman–Crippen LogP) is 0.791. The van der Waals surface area contributed by atoms with E-state index in [-0.39, 0.29) is 17.5 Å². The Morgan fingerprint density at radius 1 is 1.50 bits per heavy atom. The van der Waals surface area contributed by atoms with Crippen LogP contribution in [0.2, 0.25) is 0 Å². The number of hydrogen-bond acceptors (Lipinski definition) is 3. The first-order valence-corrected chi connectivity index (χ1v) is 4.02. The van der Waals surface area contributed by atoms with Crippen LogP contribution < -0.4 is 5.73 Å². The van der Waals surface area contributed by atoms with Crippen LogP contribution in [0, 0.1) is 11.3 Å². The van der Waals surface area contributed by atoms with Crippen LogP contribution in [0.25, 0.3) is 0 Å². The maximum absolute atomic E-state index is 9.43. The van der Waals surface area contributed by atoms with Crippen molar-refractivity contribution in [2.75, 3.05) is 13.2 Å².